The zero-order valence-electron chi connectivity index (χ0n) is 12.0. The highest BCUT2D eigenvalue weighted by atomic mass is 19.4. The Balaban J connectivity index is 2.20. The number of anilines is 3. The van der Waals surface area contributed by atoms with Gasteiger partial charge in [-0.25, -0.2) is 4.98 Å². The summed E-state index contributed by atoms with van der Waals surface area (Å²) in [6.07, 6.45) is -3.22. The summed E-state index contributed by atoms with van der Waals surface area (Å²) in [5, 5.41) is 2.84. The van der Waals surface area contributed by atoms with Crippen LogP contribution in [-0.4, -0.2) is 16.1 Å². The van der Waals surface area contributed by atoms with E-state index < -0.39 is 11.7 Å². The van der Waals surface area contributed by atoms with Gasteiger partial charge < -0.3 is 15.8 Å². The fraction of sp³-hybridized carbons (Fsp3) is 0.286. The molecule has 118 valence electrons. The van der Waals surface area contributed by atoms with Gasteiger partial charge in [0.05, 0.1) is 11.7 Å². The number of alkyl halides is 3. The van der Waals surface area contributed by atoms with Crippen LogP contribution in [0.15, 0.2) is 30.6 Å². The maximum atomic E-state index is 12.5. The highest BCUT2D eigenvalue weighted by Crippen LogP contribution is 2.31. The lowest BCUT2D eigenvalue weighted by Gasteiger charge is -2.14. The third kappa shape index (κ3) is 3.78. The van der Waals surface area contributed by atoms with Crippen molar-refractivity contribution in [3.63, 3.8) is 0 Å². The summed E-state index contributed by atoms with van der Waals surface area (Å²) in [5.74, 6) is 0.491. The maximum absolute atomic E-state index is 12.5. The van der Waals surface area contributed by atoms with Gasteiger partial charge in [0.2, 0.25) is 5.88 Å². The second kappa shape index (κ2) is 6.08. The number of aromatic nitrogens is 2. The minimum absolute atomic E-state index is 0.115. The quantitative estimate of drug-likeness (QED) is 0.902. The summed E-state index contributed by atoms with van der Waals surface area (Å²) in [5.41, 5.74) is 5.78. The van der Waals surface area contributed by atoms with Crippen LogP contribution in [0.1, 0.15) is 19.4 Å². The molecule has 0 saturated carbocycles. The van der Waals surface area contributed by atoms with Crippen LogP contribution in [0.25, 0.3) is 0 Å². The zero-order valence-corrected chi connectivity index (χ0v) is 12.0. The Morgan fingerprint density at radius 3 is 2.32 bits per heavy atom. The molecular weight excluding hydrogens is 297 g/mol. The van der Waals surface area contributed by atoms with Gasteiger partial charge in [-0.05, 0) is 38.1 Å². The molecule has 0 unspecified atom stereocenters. The number of benzene rings is 1. The lowest BCUT2D eigenvalue weighted by Crippen LogP contribution is -2.11. The van der Waals surface area contributed by atoms with Crippen LogP contribution in [0, 0.1) is 0 Å². The third-order valence-electron chi connectivity index (χ3n) is 2.67. The average Bonchev–Trinajstić information content (AvgIpc) is 2.42. The van der Waals surface area contributed by atoms with E-state index in [9.17, 15) is 13.2 Å². The van der Waals surface area contributed by atoms with Gasteiger partial charge in [0.15, 0.2) is 5.82 Å². The van der Waals surface area contributed by atoms with Crippen LogP contribution in [0.2, 0.25) is 0 Å². The van der Waals surface area contributed by atoms with Crippen molar-refractivity contribution in [3.05, 3.63) is 36.2 Å². The molecule has 0 bridgehead atoms. The van der Waals surface area contributed by atoms with Crippen molar-refractivity contribution in [2.24, 2.45) is 0 Å². The molecule has 8 heteroatoms. The predicted octanol–water partition coefficient (Wildman–Crippen LogP) is 3.61. The molecule has 0 aliphatic carbocycles. The smallest absolute Gasteiger partial charge is 0.416 e. The lowest BCUT2D eigenvalue weighted by molar-refractivity contribution is -0.137. The van der Waals surface area contributed by atoms with Crippen LogP contribution in [0.4, 0.5) is 30.4 Å². The van der Waals surface area contributed by atoms with Crippen molar-refractivity contribution in [1.29, 1.82) is 0 Å². The van der Waals surface area contributed by atoms with Gasteiger partial charge >= 0.3 is 6.18 Å². The van der Waals surface area contributed by atoms with E-state index in [1.807, 2.05) is 13.8 Å². The Labute approximate surface area is 125 Å². The van der Waals surface area contributed by atoms with E-state index in [2.05, 4.69) is 15.3 Å². The Kier molecular flexibility index (Phi) is 4.39. The Hall–Kier alpha value is -2.51. The largest absolute Gasteiger partial charge is 0.473 e. The molecule has 0 atom stereocenters. The number of ether oxygens (including phenoxy) is 1. The first-order valence-electron chi connectivity index (χ1n) is 6.49. The van der Waals surface area contributed by atoms with Crippen molar-refractivity contribution in [2.75, 3.05) is 11.1 Å². The second-order valence-corrected chi connectivity index (χ2v) is 4.81. The summed E-state index contributed by atoms with van der Waals surface area (Å²) < 4.78 is 42.9. The molecule has 0 radical (unpaired) electrons. The predicted molar refractivity (Wildman–Crippen MR) is 76.9 cm³/mol. The summed E-state index contributed by atoms with van der Waals surface area (Å²) >= 11 is 0. The summed E-state index contributed by atoms with van der Waals surface area (Å²) in [6.45, 7) is 3.65. The Morgan fingerprint density at radius 1 is 1.14 bits per heavy atom. The SMILES string of the molecule is CC(C)Oc1ncnc(Nc2ccc(C(F)(F)F)cc2)c1N. The highest BCUT2D eigenvalue weighted by Gasteiger charge is 2.29. The fourth-order valence-corrected chi connectivity index (χ4v) is 1.68. The number of rotatable bonds is 4. The summed E-state index contributed by atoms with van der Waals surface area (Å²) in [7, 11) is 0. The van der Waals surface area contributed by atoms with Crippen molar-refractivity contribution >= 4 is 17.2 Å². The first kappa shape index (κ1) is 15.9. The van der Waals surface area contributed by atoms with Crippen LogP contribution in [0.3, 0.4) is 0 Å². The molecule has 1 heterocycles. The number of nitrogens with one attached hydrogen (secondary N) is 1. The first-order valence-corrected chi connectivity index (χ1v) is 6.49. The van der Waals surface area contributed by atoms with Gasteiger partial charge in [0, 0.05) is 5.69 Å². The normalized spacial score (nSPS) is 11.5. The van der Waals surface area contributed by atoms with Gasteiger partial charge in [-0.15, -0.1) is 0 Å². The van der Waals surface area contributed by atoms with E-state index in [-0.39, 0.29) is 23.5 Å². The van der Waals surface area contributed by atoms with E-state index >= 15 is 0 Å². The standard InChI is InChI=1S/C14H15F3N4O/c1-8(2)22-13-11(18)12(19-7-20-13)21-10-5-3-9(4-6-10)14(15,16)17/h3-8H,18H2,1-2H3,(H,19,20,21). The van der Waals surface area contributed by atoms with Crippen molar-refractivity contribution < 1.29 is 17.9 Å². The number of hydrogen-bond donors (Lipinski definition) is 2. The van der Waals surface area contributed by atoms with E-state index in [4.69, 9.17) is 10.5 Å². The minimum atomic E-state index is -4.37. The number of hydrogen-bond acceptors (Lipinski definition) is 5. The molecule has 5 nitrogen and oxygen atoms in total. The molecule has 2 rings (SSSR count). The minimum Gasteiger partial charge on any atom is -0.473 e. The zero-order chi connectivity index (χ0) is 16.3. The molecule has 0 aliphatic rings. The highest BCUT2D eigenvalue weighted by molar-refractivity contribution is 5.72. The molecular formula is C14H15F3N4O. The number of nitrogen functional groups attached to an aromatic ring is 1. The second-order valence-electron chi connectivity index (χ2n) is 4.81. The van der Waals surface area contributed by atoms with Gasteiger partial charge in [-0.2, -0.15) is 18.2 Å². The fourth-order valence-electron chi connectivity index (χ4n) is 1.68. The molecule has 0 saturated heterocycles. The van der Waals surface area contributed by atoms with Crippen LogP contribution < -0.4 is 15.8 Å². The van der Waals surface area contributed by atoms with Crippen LogP contribution in [0.5, 0.6) is 5.88 Å². The molecule has 22 heavy (non-hydrogen) atoms. The van der Waals surface area contributed by atoms with Gasteiger partial charge in [0.25, 0.3) is 0 Å². The van der Waals surface area contributed by atoms with Crippen molar-refractivity contribution in [3.8, 4) is 5.88 Å². The van der Waals surface area contributed by atoms with E-state index in [1.165, 1.54) is 18.5 Å². The van der Waals surface area contributed by atoms with Gasteiger partial charge in [0.1, 0.15) is 12.0 Å². The monoisotopic (exact) mass is 312 g/mol. The molecule has 3 N–H and O–H groups in total. The average molecular weight is 312 g/mol. The molecule has 0 spiro atoms. The van der Waals surface area contributed by atoms with E-state index in [0.29, 0.717) is 5.69 Å². The number of nitrogens with two attached hydrogens (primary N) is 1. The van der Waals surface area contributed by atoms with Crippen LogP contribution >= 0.6 is 0 Å². The van der Waals surface area contributed by atoms with Gasteiger partial charge in [-0.1, -0.05) is 0 Å². The molecule has 0 amide bonds. The molecule has 0 aliphatic heterocycles. The number of nitrogens with zero attached hydrogens (tertiary/aromatic N) is 2. The Bertz CT molecular complexity index is 642. The summed E-state index contributed by atoms with van der Waals surface area (Å²) in [4.78, 5) is 7.88. The maximum Gasteiger partial charge on any atom is 0.416 e. The topological polar surface area (TPSA) is 73.1 Å². The van der Waals surface area contributed by atoms with Crippen LogP contribution in [-0.2, 0) is 6.18 Å². The number of halogens is 3. The van der Waals surface area contributed by atoms with E-state index in [0.717, 1.165) is 12.1 Å². The van der Waals surface area contributed by atoms with E-state index in [1.54, 1.807) is 0 Å². The molecule has 2 aromatic rings. The van der Waals surface area contributed by atoms with Crippen molar-refractivity contribution in [1.82, 2.24) is 9.97 Å². The molecule has 0 fully saturated rings. The van der Waals surface area contributed by atoms with Crippen molar-refractivity contribution in [2.45, 2.75) is 26.1 Å². The first-order chi connectivity index (χ1) is 10.3. The van der Waals surface area contributed by atoms with Gasteiger partial charge in [-0.3, -0.25) is 0 Å². The third-order valence-corrected chi connectivity index (χ3v) is 2.67. The molecule has 1 aromatic carbocycles. The summed E-state index contributed by atoms with van der Waals surface area (Å²) in [6, 6.07) is 4.55. The Morgan fingerprint density at radius 2 is 1.77 bits per heavy atom. The lowest BCUT2D eigenvalue weighted by atomic mass is 10.2. The molecule has 1 aromatic heterocycles.